The second-order valence-corrected chi connectivity index (χ2v) is 8.37. The van der Waals surface area contributed by atoms with Gasteiger partial charge in [0, 0.05) is 0 Å². The molecule has 0 saturated carbocycles. The number of benzene rings is 1. The van der Waals surface area contributed by atoms with Gasteiger partial charge in [0.05, 0.1) is 0 Å². The Morgan fingerprint density at radius 1 is 1.11 bits per heavy atom. The summed E-state index contributed by atoms with van der Waals surface area (Å²) in [5, 5.41) is 0. The van der Waals surface area contributed by atoms with Crippen LogP contribution in [0.5, 0.6) is 0 Å². The first-order chi connectivity index (χ1) is 8.93. The van der Waals surface area contributed by atoms with Crippen LogP contribution in [0.1, 0.15) is 34.6 Å². The van der Waals surface area contributed by atoms with Crippen LogP contribution in [0.4, 0.5) is 0 Å². The molecule has 0 spiro atoms. The fraction of sp³-hybridized carbons (Fsp3) is 0.529. The van der Waals surface area contributed by atoms with Crippen molar-refractivity contribution in [3.63, 3.8) is 0 Å². The van der Waals surface area contributed by atoms with Crippen molar-refractivity contribution in [1.82, 2.24) is 0 Å². The Labute approximate surface area is 123 Å². The van der Waals surface area contributed by atoms with Gasteiger partial charge in [-0.1, -0.05) is 0 Å². The van der Waals surface area contributed by atoms with Crippen molar-refractivity contribution in [2.24, 2.45) is 11.8 Å². The molecule has 2 rings (SSSR count). The fourth-order valence-electron chi connectivity index (χ4n) is 2.19. The molecule has 1 aliphatic rings. The molecule has 2 atom stereocenters. The van der Waals surface area contributed by atoms with E-state index in [0.29, 0.717) is 26.8 Å². The molecule has 1 heterocycles. The van der Waals surface area contributed by atoms with Gasteiger partial charge >= 0.3 is 123 Å². The van der Waals surface area contributed by atoms with E-state index in [1.54, 1.807) is 0 Å². The average Bonchev–Trinajstić information content (AvgIpc) is 2.70. The zero-order valence-corrected chi connectivity index (χ0v) is 14.2. The summed E-state index contributed by atoms with van der Waals surface area (Å²) < 4.78 is 9.31. The third-order valence-electron chi connectivity index (χ3n) is 3.92. The van der Waals surface area contributed by atoms with Crippen LogP contribution in [0.15, 0.2) is 40.9 Å². The summed E-state index contributed by atoms with van der Waals surface area (Å²) in [6.07, 6.45) is 2.66. The number of hydrogen-bond donors (Lipinski definition) is 0. The van der Waals surface area contributed by atoms with Gasteiger partial charge in [0.2, 0.25) is 0 Å². The van der Waals surface area contributed by atoms with Crippen molar-refractivity contribution in [3.05, 3.63) is 40.9 Å². The van der Waals surface area contributed by atoms with Crippen LogP contribution in [-0.4, -0.2) is 26.7 Å². The maximum absolute atomic E-state index is 6.38. The Morgan fingerprint density at radius 2 is 1.74 bits per heavy atom. The summed E-state index contributed by atoms with van der Waals surface area (Å²) in [6.45, 7) is 11.3. The van der Waals surface area contributed by atoms with Crippen molar-refractivity contribution in [2.75, 3.05) is 0 Å². The van der Waals surface area contributed by atoms with E-state index in [2.05, 4.69) is 71.0 Å². The normalized spacial score (nSPS) is 27.1. The van der Waals surface area contributed by atoms with Gasteiger partial charge in [-0.3, -0.25) is 0 Å². The van der Waals surface area contributed by atoms with Gasteiger partial charge in [-0.25, -0.2) is 0 Å². The van der Waals surface area contributed by atoms with Crippen LogP contribution in [-0.2, 0) is 4.74 Å². The summed E-state index contributed by atoms with van der Waals surface area (Å²) in [6, 6.07) is 10.8. The predicted molar refractivity (Wildman–Crippen MR) is 82.9 cm³/mol. The van der Waals surface area contributed by atoms with Crippen LogP contribution in [0.3, 0.4) is 0 Å². The number of ether oxygens (including phenoxy) is 1. The zero-order valence-electron chi connectivity index (χ0n) is 12.5. The molecule has 1 aromatic rings. The van der Waals surface area contributed by atoms with Crippen LogP contribution in [0.2, 0.25) is 0 Å². The van der Waals surface area contributed by atoms with E-state index in [1.807, 2.05) is 0 Å². The molecule has 0 fully saturated rings. The number of rotatable bonds is 4. The minimum atomic E-state index is -0.0925. The third kappa shape index (κ3) is 3.13. The molecule has 1 aliphatic heterocycles. The van der Waals surface area contributed by atoms with Crippen molar-refractivity contribution < 1.29 is 4.74 Å². The molecular weight excluding hydrogens is 299 g/mol. The Kier molecular flexibility index (Phi) is 4.55. The molecule has 0 N–H and O–H groups in total. The van der Waals surface area contributed by atoms with Crippen LogP contribution < -0.4 is 4.46 Å². The molecule has 2 heteroatoms. The van der Waals surface area contributed by atoms with Gasteiger partial charge in [0.1, 0.15) is 0 Å². The van der Waals surface area contributed by atoms with E-state index >= 15 is 0 Å². The topological polar surface area (TPSA) is 9.23 Å². The van der Waals surface area contributed by atoms with Gasteiger partial charge in [0.15, 0.2) is 0 Å². The zero-order chi connectivity index (χ0) is 14.0. The summed E-state index contributed by atoms with van der Waals surface area (Å²) in [7, 11) is 0. The second kappa shape index (κ2) is 5.83. The monoisotopic (exact) mass is 324 g/mol. The van der Waals surface area contributed by atoms with Crippen molar-refractivity contribution >= 4 is 19.4 Å². The van der Waals surface area contributed by atoms with Crippen LogP contribution in [0.25, 0.3) is 0 Å². The quantitative estimate of drug-likeness (QED) is 0.772. The third-order valence-corrected chi connectivity index (χ3v) is 6.58. The van der Waals surface area contributed by atoms with E-state index in [1.165, 1.54) is 8.93 Å². The van der Waals surface area contributed by atoms with Crippen LogP contribution in [0, 0.1) is 11.8 Å². The van der Waals surface area contributed by atoms with Crippen LogP contribution >= 0.6 is 0 Å². The molecule has 1 nitrogen and oxygen atoms in total. The molecule has 0 saturated heterocycles. The average molecular weight is 323 g/mol. The van der Waals surface area contributed by atoms with Crippen molar-refractivity contribution in [3.8, 4) is 0 Å². The first kappa shape index (κ1) is 14.8. The van der Waals surface area contributed by atoms with Gasteiger partial charge in [-0.05, 0) is 0 Å². The minimum absolute atomic E-state index is 0.0925. The molecule has 0 amide bonds. The summed E-state index contributed by atoms with van der Waals surface area (Å²) in [4.78, 5) is 0. The van der Waals surface area contributed by atoms with Gasteiger partial charge < -0.3 is 0 Å². The fourth-order valence-corrected chi connectivity index (χ4v) is 4.78. The second-order valence-electron chi connectivity index (χ2n) is 6.03. The SMILES string of the molecule is CC(C)C1C=C([Se]c2ccccc2)C(C)(C(C)C)O1. The summed E-state index contributed by atoms with van der Waals surface area (Å²) >= 11 is 0.365. The molecule has 0 aromatic heterocycles. The molecule has 19 heavy (non-hydrogen) atoms. The Bertz CT molecular complexity index is 450. The molecule has 0 aliphatic carbocycles. The van der Waals surface area contributed by atoms with Gasteiger partial charge in [-0.2, -0.15) is 0 Å². The molecule has 104 valence electrons. The van der Waals surface area contributed by atoms with E-state index in [-0.39, 0.29) is 11.7 Å². The van der Waals surface area contributed by atoms with E-state index in [0.717, 1.165) is 0 Å². The Balaban J connectivity index is 2.26. The molecule has 0 radical (unpaired) electrons. The molecular formula is C17H24OSe. The van der Waals surface area contributed by atoms with Crippen molar-refractivity contribution in [1.29, 1.82) is 0 Å². The molecule has 0 bridgehead atoms. The standard InChI is InChI=1S/C17H24OSe/c1-12(2)15-11-16(17(5,18-15)13(3)4)19-14-9-7-6-8-10-14/h6-13,15H,1-5H3. The van der Waals surface area contributed by atoms with Gasteiger partial charge in [0.25, 0.3) is 0 Å². The van der Waals surface area contributed by atoms with E-state index < -0.39 is 0 Å². The first-order valence-electron chi connectivity index (χ1n) is 7.06. The Hall–Kier alpha value is -0.561. The number of hydrogen-bond acceptors (Lipinski definition) is 1. The van der Waals surface area contributed by atoms with Crippen molar-refractivity contribution in [2.45, 2.75) is 46.3 Å². The van der Waals surface area contributed by atoms with E-state index in [4.69, 9.17) is 4.74 Å². The predicted octanol–water partition coefficient (Wildman–Crippen LogP) is 3.37. The van der Waals surface area contributed by atoms with E-state index in [9.17, 15) is 0 Å². The maximum atomic E-state index is 6.38. The summed E-state index contributed by atoms with van der Waals surface area (Å²) in [5.41, 5.74) is -0.0925. The summed E-state index contributed by atoms with van der Waals surface area (Å²) in [5.74, 6) is 1.05. The molecule has 1 aromatic carbocycles. The van der Waals surface area contributed by atoms with Gasteiger partial charge in [-0.15, -0.1) is 0 Å². The Morgan fingerprint density at radius 3 is 2.26 bits per heavy atom. The first-order valence-corrected chi connectivity index (χ1v) is 8.78. The molecule has 2 unspecified atom stereocenters.